The van der Waals surface area contributed by atoms with Crippen LogP contribution in [0.25, 0.3) is 0 Å². The van der Waals surface area contributed by atoms with E-state index in [1.165, 1.54) is 56.7 Å². The second-order valence-corrected chi connectivity index (χ2v) is 6.47. The van der Waals surface area contributed by atoms with Crippen molar-refractivity contribution >= 4 is 16.9 Å². The predicted molar refractivity (Wildman–Crippen MR) is 82.9 cm³/mol. The molecule has 0 aromatic carbocycles. The molecule has 0 fully saturated rings. The van der Waals surface area contributed by atoms with Crippen molar-refractivity contribution in [3.63, 3.8) is 0 Å². The summed E-state index contributed by atoms with van der Waals surface area (Å²) in [6.07, 6.45) is 11.6. The molecule has 2 nitrogen and oxygen atoms in total. The SMILES string of the molecule is CCCCCCCCCC(CC)SC(=O)[C@H](C)N. The highest BCUT2D eigenvalue weighted by Gasteiger charge is 2.15. The van der Waals surface area contributed by atoms with Gasteiger partial charge in [-0.2, -0.15) is 0 Å². The summed E-state index contributed by atoms with van der Waals surface area (Å²) in [5.41, 5.74) is 5.59. The molecular weight excluding hydrogens is 242 g/mol. The van der Waals surface area contributed by atoms with Gasteiger partial charge in [-0.25, -0.2) is 0 Å². The quantitative estimate of drug-likeness (QED) is 0.563. The van der Waals surface area contributed by atoms with Crippen molar-refractivity contribution < 1.29 is 4.79 Å². The Morgan fingerprint density at radius 1 is 1.06 bits per heavy atom. The molecule has 0 rings (SSSR count). The van der Waals surface area contributed by atoms with Crippen molar-refractivity contribution in [2.45, 2.75) is 89.9 Å². The van der Waals surface area contributed by atoms with Crippen molar-refractivity contribution in [3.05, 3.63) is 0 Å². The second kappa shape index (κ2) is 12.0. The summed E-state index contributed by atoms with van der Waals surface area (Å²) in [6, 6.07) is -0.321. The van der Waals surface area contributed by atoms with E-state index in [-0.39, 0.29) is 11.2 Å². The van der Waals surface area contributed by atoms with Gasteiger partial charge in [-0.1, -0.05) is 70.6 Å². The first kappa shape index (κ1) is 18.0. The molecule has 2 atom stereocenters. The van der Waals surface area contributed by atoms with Crippen LogP contribution in [0.2, 0.25) is 0 Å². The molecule has 0 spiro atoms. The maximum Gasteiger partial charge on any atom is 0.205 e. The summed E-state index contributed by atoms with van der Waals surface area (Å²) in [4.78, 5) is 11.6. The third-order valence-corrected chi connectivity index (χ3v) is 4.75. The molecule has 0 radical (unpaired) electrons. The lowest BCUT2D eigenvalue weighted by molar-refractivity contribution is -0.111. The lowest BCUT2D eigenvalue weighted by atomic mass is 10.1. The van der Waals surface area contributed by atoms with Crippen LogP contribution >= 0.6 is 11.8 Å². The van der Waals surface area contributed by atoms with Crippen LogP contribution in [-0.2, 0) is 4.79 Å². The average Bonchev–Trinajstić information content (AvgIpc) is 2.35. The molecule has 108 valence electrons. The Balaban J connectivity index is 3.53. The van der Waals surface area contributed by atoms with E-state index in [1.54, 1.807) is 6.92 Å². The molecule has 0 heterocycles. The van der Waals surface area contributed by atoms with Crippen LogP contribution in [0.15, 0.2) is 0 Å². The van der Waals surface area contributed by atoms with Gasteiger partial charge in [0.2, 0.25) is 5.12 Å². The van der Waals surface area contributed by atoms with Gasteiger partial charge < -0.3 is 5.73 Å². The number of carbonyl (C=O) groups excluding carboxylic acids is 1. The third-order valence-electron chi connectivity index (χ3n) is 3.24. The van der Waals surface area contributed by atoms with E-state index < -0.39 is 0 Å². The molecule has 0 bridgehead atoms. The molecule has 0 saturated carbocycles. The average molecular weight is 273 g/mol. The Labute approximate surface area is 117 Å². The van der Waals surface area contributed by atoms with Gasteiger partial charge in [0.25, 0.3) is 0 Å². The van der Waals surface area contributed by atoms with Crippen molar-refractivity contribution in [1.29, 1.82) is 0 Å². The smallest absolute Gasteiger partial charge is 0.205 e. The molecule has 3 heteroatoms. The molecule has 2 N–H and O–H groups in total. The summed E-state index contributed by atoms with van der Waals surface area (Å²) in [5, 5.41) is 0.615. The summed E-state index contributed by atoms with van der Waals surface area (Å²) in [7, 11) is 0. The zero-order valence-electron chi connectivity index (χ0n) is 12.4. The van der Waals surface area contributed by atoms with Gasteiger partial charge in [-0.05, 0) is 19.8 Å². The Morgan fingerprint density at radius 3 is 2.11 bits per heavy atom. The van der Waals surface area contributed by atoms with Gasteiger partial charge in [-0.3, -0.25) is 4.79 Å². The Morgan fingerprint density at radius 2 is 1.61 bits per heavy atom. The summed E-state index contributed by atoms with van der Waals surface area (Å²) >= 11 is 1.46. The fourth-order valence-electron chi connectivity index (χ4n) is 1.95. The van der Waals surface area contributed by atoms with Crippen LogP contribution in [0, 0.1) is 0 Å². The monoisotopic (exact) mass is 273 g/mol. The van der Waals surface area contributed by atoms with E-state index in [1.807, 2.05) is 0 Å². The maximum atomic E-state index is 11.6. The van der Waals surface area contributed by atoms with Gasteiger partial charge in [0, 0.05) is 5.25 Å². The first-order valence-corrected chi connectivity index (χ1v) is 8.45. The standard InChI is InChI=1S/C15H31NOS/c1-4-6-7-8-9-10-11-12-14(5-2)18-15(17)13(3)16/h13-14H,4-12,16H2,1-3H3/t13-,14?/m0/s1. The van der Waals surface area contributed by atoms with Crippen LogP contribution < -0.4 is 5.73 Å². The van der Waals surface area contributed by atoms with Crippen molar-refractivity contribution in [1.82, 2.24) is 0 Å². The van der Waals surface area contributed by atoms with Crippen LogP contribution in [-0.4, -0.2) is 16.4 Å². The predicted octanol–water partition coefficient (Wildman–Crippen LogP) is 4.51. The molecule has 0 amide bonds. The highest BCUT2D eigenvalue weighted by atomic mass is 32.2. The number of hydrogen-bond donors (Lipinski definition) is 1. The highest BCUT2D eigenvalue weighted by molar-refractivity contribution is 8.14. The molecule has 18 heavy (non-hydrogen) atoms. The fourth-order valence-corrected chi connectivity index (χ4v) is 2.94. The Kier molecular flexibility index (Phi) is 12.0. The topological polar surface area (TPSA) is 43.1 Å². The summed E-state index contributed by atoms with van der Waals surface area (Å²) in [5.74, 6) is 0. The number of thioether (sulfide) groups is 1. The Hall–Kier alpha value is -0.0200. The van der Waals surface area contributed by atoms with Crippen LogP contribution in [0.1, 0.15) is 78.6 Å². The minimum absolute atomic E-state index is 0.143. The zero-order valence-corrected chi connectivity index (χ0v) is 13.2. The lowest BCUT2D eigenvalue weighted by Crippen LogP contribution is -2.25. The van der Waals surface area contributed by atoms with Gasteiger partial charge in [0.1, 0.15) is 0 Å². The van der Waals surface area contributed by atoms with Crippen LogP contribution in [0.4, 0.5) is 0 Å². The highest BCUT2D eigenvalue weighted by Crippen LogP contribution is 2.23. The number of carbonyl (C=O) groups is 1. The molecule has 0 aliphatic heterocycles. The van der Waals surface area contributed by atoms with Gasteiger partial charge in [0.05, 0.1) is 6.04 Å². The molecule has 1 unspecified atom stereocenters. The lowest BCUT2D eigenvalue weighted by Gasteiger charge is -2.14. The van der Waals surface area contributed by atoms with Crippen molar-refractivity contribution in [3.8, 4) is 0 Å². The minimum atomic E-state index is -0.321. The van der Waals surface area contributed by atoms with Crippen molar-refractivity contribution in [2.75, 3.05) is 0 Å². The van der Waals surface area contributed by atoms with Crippen LogP contribution in [0.5, 0.6) is 0 Å². The summed E-state index contributed by atoms with van der Waals surface area (Å²) < 4.78 is 0. The van der Waals surface area contributed by atoms with Crippen LogP contribution in [0.3, 0.4) is 0 Å². The first-order chi connectivity index (χ1) is 8.61. The molecule has 0 aromatic rings. The largest absolute Gasteiger partial charge is 0.321 e. The molecule has 0 aromatic heterocycles. The number of hydrogen-bond acceptors (Lipinski definition) is 3. The number of nitrogens with two attached hydrogens (primary N) is 1. The van der Waals surface area contributed by atoms with Gasteiger partial charge in [0.15, 0.2) is 0 Å². The number of unbranched alkanes of at least 4 members (excludes halogenated alkanes) is 6. The van der Waals surface area contributed by atoms with Gasteiger partial charge >= 0.3 is 0 Å². The number of rotatable bonds is 11. The van der Waals surface area contributed by atoms with E-state index in [2.05, 4.69) is 13.8 Å². The third kappa shape index (κ3) is 9.95. The zero-order chi connectivity index (χ0) is 13.8. The second-order valence-electron chi connectivity index (χ2n) is 5.17. The summed E-state index contributed by atoms with van der Waals surface area (Å²) in [6.45, 7) is 6.18. The molecular formula is C15H31NOS. The first-order valence-electron chi connectivity index (χ1n) is 7.57. The fraction of sp³-hybridized carbons (Fsp3) is 0.933. The minimum Gasteiger partial charge on any atom is -0.321 e. The maximum absolute atomic E-state index is 11.6. The van der Waals surface area contributed by atoms with E-state index in [0.29, 0.717) is 5.25 Å². The molecule has 0 aliphatic rings. The molecule has 0 aliphatic carbocycles. The molecule has 0 saturated heterocycles. The van der Waals surface area contributed by atoms with E-state index in [0.717, 1.165) is 12.8 Å². The Bertz CT molecular complexity index is 207. The van der Waals surface area contributed by atoms with E-state index >= 15 is 0 Å². The van der Waals surface area contributed by atoms with E-state index in [4.69, 9.17) is 5.73 Å². The van der Waals surface area contributed by atoms with E-state index in [9.17, 15) is 4.79 Å². The normalized spacial score (nSPS) is 14.4. The van der Waals surface area contributed by atoms with Gasteiger partial charge in [-0.15, -0.1) is 0 Å². The van der Waals surface area contributed by atoms with Crippen molar-refractivity contribution in [2.24, 2.45) is 5.73 Å².